The maximum atomic E-state index is 16.6. The van der Waals surface area contributed by atoms with Crippen LogP contribution in [0.2, 0.25) is 0 Å². The van der Waals surface area contributed by atoms with Crippen molar-refractivity contribution in [2.75, 3.05) is 57.0 Å². The van der Waals surface area contributed by atoms with E-state index >= 15 is 4.39 Å². The lowest BCUT2D eigenvalue weighted by atomic mass is 9.95. The molecule has 2 saturated heterocycles. The average Bonchev–Trinajstić information content (AvgIpc) is 3.51. The summed E-state index contributed by atoms with van der Waals surface area (Å²) in [5.74, 6) is 0.249. The van der Waals surface area contributed by atoms with Gasteiger partial charge in [-0.3, -0.25) is 0 Å². The van der Waals surface area contributed by atoms with E-state index in [9.17, 15) is 0 Å². The molecule has 2 aliphatic rings. The SMILES string of the molecule is C=Cc1cc2c(N3CCNCC3)nc(OC[C@@H]3CCCN3C)nc2c(F)c1-c1cccc2sc(N)nc12. The summed E-state index contributed by atoms with van der Waals surface area (Å²) in [6, 6.07) is 8.14. The van der Waals surface area contributed by atoms with Crippen molar-refractivity contribution in [2.24, 2.45) is 0 Å². The number of anilines is 2. The van der Waals surface area contributed by atoms with Crippen LogP contribution in [-0.4, -0.2) is 72.3 Å². The minimum absolute atomic E-state index is 0.202. The molecular formula is C27H30FN7OS. The highest BCUT2D eigenvalue weighted by atomic mass is 32.1. The van der Waals surface area contributed by atoms with Crippen molar-refractivity contribution in [3.05, 3.63) is 42.2 Å². The Hall–Kier alpha value is -3.34. The first-order chi connectivity index (χ1) is 18.0. The van der Waals surface area contributed by atoms with Crippen molar-refractivity contribution >= 4 is 49.5 Å². The Kier molecular flexibility index (Phi) is 6.39. The second kappa shape index (κ2) is 9.85. The molecule has 8 nitrogen and oxygen atoms in total. The van der Waals surface area contributed by atoms with Gasteiger partial charge in [-0.25, -0.2) is 9.37 Å². The Balaban J connectivity index is 1.53. The first-order valence-electron chi connectivity index (χ1n) is 12.6. The van der Waals surface area contributed by atoms with Gasteiger partial charge in [0.15, 0.2) is 10.9 Å². The summed E-state index contributed by atoms with van der Waals surface area (Å²) in [6.07, 6.45) is 3.88. The first-order valence-corrected chi connectivity index (χ1v) is 13.5. The number of fused-ring (bicyclic) bond motifs is 2. The highest BCUT2D eigenvalue weighted by Gasteiger charge is 2.26. The average molecular weight is 520 g/mol. The van der Waals surface area contributed by atoms with Gasteiger partial charge in [0, 0.05) is 48.7 Å². The number of piperazine rings is 1. The molecule has 0 radical (unpaired) electrons. The van der Waals surface area contributed by atoms with Crippen molar-refractivity contribution in [3.63, 3.8) is 0 Å². The van der Waals surface area contributed by atoms with Gasteiger partial charge < -0.3 is 25.6 Å². The largest absolute Gasteiger partial charge is 0.462 e. The van der Waals surface area contributed by atoms with Crippen LogP contribution in [0.3, 0.4) is 0 Å². The Labute approximate surface area is 219 Å². The van der Waals surface area contributed by atoms with Crippen molar-refractivity contribution < 1.29 is 9.13 Å². The number of ether oxygens (including phenoxy) is 1. The lowest BCUT2D eigenvalue weighted by Crippen LogP contribution is -2.44. The highest BCUT2D eigenvalue weighted by Crippen LogP contribution is 2.40. The summed E-state index contributed by atoms with van der Waals surface area (Å²) in [7, 11) is 2.10. The third kappa shape index (κ3) is 4.39. The lowest BCUT2D eigenvalue weighted by Gasteiger charge is -2.30. The molecule has 0 aliphatic carbocycles. The van der Waals surface area contributed by atoms with Crippen LogP contribution >= 0.6 is 11.3 Å². The number of rotatable bonds is 6. The Morgan fingerprint density at radius 3 is 2.81 bits per heavy atom. The molecular weight excluding hydrogens is 489 g/mol. The van der Waals surface area contributed by atoms with E-state index in [0.29, 0.717) is 51.2 Å². The van der Waals surface area contributed by atoms with Crippen LogP contribution in [0.1, 0.15) is 18.4 Å². The smallest absolute Gasteiger partial charge is 0.319 e. The summed E-state index contributed by atoms with van der Waals surface area (Å²) in [5.41, 5.74) is 8.63. The molecule has 2 aromatic carbocycles. The van der Waals surface area contributed by atoms with Crippen LogP contribution in [0.25, 0.3) is 38.3 Å². The van der Waals surface area contributed by atoms with Crippen molar-refractivity contribution in [2.45, 2.75) is 18.9 Å². The Morgan fingerprint density at radius 1 is 1.22 bits per heavy atom. The molecule has 0 bridgehead atoms. The maximum Gasteiger partial charge on any atom is 0.319 e. The molecule has 4 aromatic rings. The Morgan fingerprint density at radius 2 is 2.05 bits per heavy atom. The van der Waals surface area contributed by atoms with Crippen LogP contribution in [0.15, 0.2) is 30.8 Å². The number of benzene rings is 2. The molecule has 192 valence electrons. The number of para-hydroxylation sites is 1. The topological polar surface area (TPSA) is 92.4 Å². The second-order valence-electron chi connectivity index (χ2n) is 9.61. The van der Waals surface area contributed by atoms with E-state index in [4.69, 9.17) is 15.5 Å². The predicted molar refractivity (Wildman–Crippen MR) is 149 cm³/mol. The molecule has 6 rings (SSSR count). The zero-order valence-corrected chi connectivity index (χ0v) is 21.7. The molecule has 0 saturated carbocycles. The normalized spacial score (nSPS) is 18.6. The van der Waals surface area contributed by atoms with Gasteiger partial charge in [-0.05, 0) is 44.1 Å². The van der Waals surface area contributed by atoms with Gasteiger partial charge in [0.25, 0.3) is 0 Å². The Bertz CT molecular complexity index is 1480. The van der Waals surface area contributed by atoms with E-state index in [-0.39, 0.29) is 11.5 Å². The number of nitrogen functional groups attached to an aromatic ring is 1. The van der Waals surface area contributed by atoms with Crippen LogP contribution < -0.4 is 20.7 Å². The molecule has 2 aromatic heterocycles. The molecule has 4 heterocycles. The molecule has 0 unspecified atom stereocenters. The predicted octanol–water partition coefficient (Wildman–Crippen LogP) is 4.15. The number of hydrogen-bond acceptors (Lipinski definition) is 9. The number of likely N-dealkylation sites (tertiary alicyclic amines) is 1. The summed E-state index contributed by atoms with van der Waals surface area (Å²) >= 11 is 1.38. The van der Waals surface area contributed by atoms with Gasteiger partial charge in [-0.2, -0.15) is 9.97 Å². The van der Waals surface area contributed by atoms with Crippen LogP contribution in [0, 0.1) is 5.82 Å². The fourth-order valence-electron chi connectivity index (χ4n) is 5.36. The zero-order chi connectivity index (χ0) is 25.5. The highest BCUT2D eigenvalue weighted by molar-refractivity contribution is 7.22. The van der Waals surface area contributed by atoms with Gasteiger partial charge in [-0.15, -0.1) is 0 Å². The summed E-state index contributed by atoms with van der Waals surface area (Å²) in [4.78, 5) is 18.4. The number of hydrogen-bond donors (Lipinski definition) is 2. The minimum Gasteiger partial charge on any atom is -0.462 e. The van der Waals surface area contributed by atoms with E-state index < -0.39 is 5.82 Å². The molecule has 0 amide bonds. The van der Waals surface area contributed by atoms with Gasteiger partial charge in [0.1, 0.15) is 17.9 Å². The van der Waals surface area contributed by atoms with Crippen molar-refractivity contribution in [3.8, 4) is 17.1 Å². The van der Waals surface area contributed by atoms with E-state index in [1.807, 2.05) is 24.3 Å². The van der Waals surface area contributed by atoms with E-state index in [2.05, 4.69) is 38.7 Å². The molecule has 10 heteroatoms. The van der Waals surface area contributed by atoms with E-state index in [1.165, 1.54) is 11.3 Å². The number of aromatic nitrogens is 3. The van der Waals surface area contributed by atoms with Gasteiger partial charge in [0.05, 0.1) is 10.2 Å². The lowest BCUT2D eigenvalue weighted by molar-refractivity contribution is 0.188. The standard InChI is InChI=1S/C27H30FN7OS/c1-3-16-14-19-24(22(28)21(16)18-7-4-8-20-23(18)31-26(29)37-20)32-27(36-15-17-6-5-11-34(17)2)33-25(19)35-12-9-30-10-13-35/h3-4,7-8,14,17,30H,1,5-6,9-13,15H2,2H3,(H2,29,31)/t17-/m0/s1. The third-order valence-electron chi connectivity index (χ3n) is 7.34. The van der Waals surface area contributed by atoms with Crippen molar-refractivity contribution in [1.82, 2.24) is 25.2 Å². The van der Waals surface area contributed by atoms with E-state index in [1.54, 1.807) is 6.08 Å². The molecule has 3 N–H and O–H groups in total. The van der Waals surface area contributed by atoms with Crippen LogP contribution in [-0.2, 0) is 0 Å². The quantitative estimate of drug-likeness (QED) is 0.393. The number of nitrogens with two attached hydrogens (primary N) is 1. The fraction of sp³-hybridized carbons (Fsp3) is 0.370. The number of nitrogens with one attached hydrogen (secondary N) is 1. The third-order valence-corrected chi connectivity index (χ3v) is 8.19. The number of nitrogens with zero attached hydrogens (tertiary/aromatic N) is 5. The van der Waals surface area contributed by atoms with Crippen molar-refractivity contribution in [1.29, 1.82) is 0 Å². The fourth-order valence-corrected chi connectivity index (χ4v) is 6.12. The maximum absolute atomic E-state index is 16.6. The molecule has 1 atom stereocenters. The first kappa shape index (κ1) is 24.0. The molecule has 37 heavy (non-hydrogen) atoms. The monoisotopic (exact) mass is 519 g/mol. The summed E-state index contributed by atoms with van der Waals surface area (Å²) in [6.45, 7) is 8.70. The number of halogens is 1. The van der Waals surface area contributed by atoms with E-state index in [0.717, 1.165) is 50.3 Å². The van der Waals surface area contributed by atoms with Gasteiger partial charge in [-0.1, -0.05) is 36.1 Å². The summed E-state index contributed by atoms with van der Waals surface area (Å²) in [5, 5.41) is 4.46. The minimum atomic E-state index is -0.437. The molecule has 2 aliphatic heterocycles. The second-order valence-corrected chi connectivity index (χ2v) is 10.7. The van der Waals surface area contributed by atoms with Gasteiger partial charge >= 0.3 is 6.01 Å². The van der Waals surface area contributed by atoms with Crippen LogP contribution in [0.5, 0.6) is 6.01 Å². The number of likely N-dealkylation sites (N-methyl/N-ethyl adjacent to an activating group) is 1. The molecule has 0 spiro atoms. The summed E-state index contributed by atoms with van der Waals surface area (Å²) < 4.78 is 23.6. The zero-order valence-electron chi connectivity index (χ0n) is 20.8. The molecule has 2 fully saturated rings. The van der Waals surface area contributed by atoms with Gasteiger partial charge in [0.2, 0.25) is 0 Å². The number of thiazole rings is 1. The van der Waals surface area contributed by atoms with Crippen LogP contribution in [0.4, 0.5) is 15.3 Å².